The lowest BCUT2D eigenvalue weighted by Gasteiger charge is -2.22. The van der Waals surface area contributed by atoms with Crippen molar-refractivity contribution in [2.24, 2.45) is 0 Å². The first-order chi connectivity index (χ1) is 22.8. The van der Waals surface area contributed by atoms with Crippen LogP contribution in [0, 0.1) is 0 Å². The quantitative estimate of drug-likeness (QED) is 0.177. The molecule has 6 N–H and O–H groups in total. The summed E-state index contributed by atoms with van der Waals surface area (Å²) in [6, 6.07) is 12.9. The summed E-state index contributed by atoms with van der Waals surface area (Å²) in [7, 11) is 1.57. The number of hydrogen-bond acceptors (Lipinski definition) is 8. The fourth-order valence-electron chi connectivity index (χ4n) is 4.99. The van der Waals surface area contributed by atoms with Gasteiger partial charge in [-0.05, 0) is 49.2 Å². The van der Waals surface area contributed by atoms with Gasteiger partial charge in [0.25, 0.3) is 18.3 Å². The lowest BCUT2D eigenvalue weighted by atomic mass is 10.1. The van der Waals surface area contributed by atoms with Crippen molar-refractivity contribution in [3.05, 3.63) is 78.0 Å². The molecule has 1 aliphatic heterocycles. The highest BCUT2D eigenvalue weighted by molar-refractivity contribution is 6.01. The van der Waals surface area contributed by atoms with Crippen molar-refractivity contribution in [1.29, 1.82) is 0 Å². The summed E-state index contributed by atoms with van der Waals surface area (Å²) in [6.45, 7) is 0.543. The first kappa shape index (κ1) is 34.0. The zero-order valence-corrected chi connectivity index (χ0v) is 25.8. The molecule has 5 rings (SSSR count). The standard InChI is InChI=1S/C31H35N7O6.CH2O2/c1-43-27-9-5-8-24-23(27)16-26(36-24)31(42)38-12-3-2-10-34-30(41)25(15-21-17-32-19-35-21)37-29(40)20-6-4-7-22(14-20)44-13-11-33-28(39)18-38;2-1-3/h4-9,14,16-17,19,25,36H,2-3,10-13,15,18H2,1H3,(H,32,35)(H,33,39)(H,34,41)(H,37,40);1H,(H,2,3)/t25-;/m0./s1. The average Bonchev–Trinajstić information content (AvgIpc) is 3.75. The number of carbonyl (C=O) groups excluding carboxylic acids is 4. The van der Waals surface area contributed by atoms with Crippen molar-refractivity contribution in [2.45, 2.75) is 25.3 Å². The minimum atomic E-state index is -0.853. The zero-order valence-electron chi connectivity index (χ0n) is 25.8. The molecule has 0 unspecified atom stereocenters. The normalized spacial score (nSPS) is 16.5. The molecule has 0 fully saturated rings. The lowest BCUT2D eigenvalue weighted by molar-refractivity contribution is -0.123. The van der Waals surface area contributed by atoms with Crippen LogP contribution in [-0.2, 0) is 20.8 Å². The molecule has 1 aliphatic rings. The largest absolute Gasteiger partial charge is 0.496 e. The van der Waals surface area contributed by atoms with E-state index in [1.165, 1.54) is 11.2 Å². The zero-order chi connectivity index (χ0) is 33.6. The lowest BCUT2D eigenvalue weighted by Crippen LogP contribution is -2.48. The van der Waals surface area contributed by atoms with Gasteiger partial charge in [-0.2, -0.15) is 0 Å². The molecule has 0 aliphatic carbocycles. The van der Waals surface area contributed by atoms with E-state index in [2.05, 4.69) is 30.9 Å². The third-order valence-electron chi connectivity index (χ3n) is 7.24. The SMILES string of the molecule is COc1cccc2[nH]c(C(=O)N3CCCCNC(=O)[C@H](Cc4cnc[nH]4)NC(=O)c4cccc(c4)OCCNC(=O)C3)cc12.O=CO. The molecule has 2 aromatic heterocycles. The number of imidazole rings is 1. The summed E-state index contributed by atoms with van der Waals surface area (Å²) in [5.74, 6) is -0.372. The van der Waals surface area contributed by atoms with Crippen LogP contribution in [0.1, 0.15) is 39.4 Å². The Kier molecular flexibility index (Phi) is 12.3. The fraction of sp³-hybridized carbons (Fsp3) is 0.312. The Bertz CT molecular complexity index is 1670. The molecule has 1 atom stereocenters. The van der Waals surface area contributed by atoms with E-state index in [-0.39, 0.29) is 56.9 Å². The van der Waals surface area contributed by atoms with Gasteiger partial charge in [0.15, 0.2) is 0 Å². The van der Waals surface area contributed by atoms with Gasteiger partial charge in [0.05, 0.1) is 26.5 Å². The van der Waals surface area contributed by atoms with E-state index in [0.29, 0.717) is 47.8 Å². The van der Waals surface area contributed by atoms with Crippen molar-refractivity contribution in [3.8, 4) is 11.5 Å². The number of ether oxygens (including phenoxy) is 2. The summed E-state index contributed by atoms with van der Waals surface area (Å²) in [5, 5.41) is 16.2. The van der Waals surface area contributed by atoms with Gasteiger partial charge in [0, 0.05) is 47.9 Å². The summed E-state index contributed by atoms with van der Waals surface area (Å²) in [4.78, 5) is 72.6. The second-order valence-electron chi connectivity index (χ2n) is 10.5. The number of rotatable bonds is 4. The van der Waals surface area contributed by atoms with Gasteiger partial charge >= 0.3 is 0 Å². The molecular weight excluding hydrogens is 610 g/mol. The number of aromatic amines is 2. The molecule has 0 saturated heterocycles. The molecule has 4 amide bonds. The maximum Gasteiger partial charge on any atom is 0.290 e. The van der Waals surface area contributed by atoms with Gasteiger partial charge in [0.1, 0.15) is 29.8 Å². The number of benzene rings is 2. The first-order valence-corrected chi connectivity index (χ1v) is 14.9. The predicted octanol–water partition coefficient (Wildman–Crippen LogP) is 1.49. The summed E-state index contributed by atoms with van der Waals surface area (Å²) >= 11 is 0. The van der Waals surface area contributed by atoms with Crippen molar-refractivity contribution in [2.75, 3.05) is 39.9 Å². The number of aromatic nitrogens is 3. The van der Waals surface area contributed by atoms with Crippen molar-refractivity contribution in [1.82, 2.24) is 35.8 Å². The van der Waals surface area contributed by atoms with E-state index in [9.17, 15) is 19.2 Å². The summed E-state index contributed by atoms with van der Waals surface area (Å²) < 4.78 is 11.2. The number of methoxy groups -OCH3 is 1. The number of nitrogens with one attached hydrogen (secondary N) is 5. The van der Waals surface area contributed by atoms with E-state index < -0.39 is 11.9 Å². The Morgan fingerprint density at radius 2 is 1.91 bits per heavy atom. The van der Waals surface area contributed by atoms with Gasteiger partial charge in [-0.15, -0.1) is 0 Å². The molecule has 4 aromatic rings. The van der Waals surface area contributed by atoms with Gasteiger partial charge in [-0.3, -0.25) is 24.0 Å². The van der Waals surface area contributed by atoms with Crippen LogP contribution in [0.4, 0.5) is 0 Å². The summed E-state index contributed by atoms with van der Waals surface area (Å²) in [6.07, 6.45) is 4.40. The number of fused-ring (bicyclic) bond motifs is 3. The molecule has 0 spiro atoms. The Morgan fingerprint density at radius 1 is 1.11 bits per heavy atom. The molecule has 15 heteroatoms. The average molecular weight is 648 g/mol. The minimum absolute atomic E-state index is 0.150. The number of carbonyl (C=O) groups is 5. The molecule has 47 heavy (non-hydrogen) atoms. The van der Waals surface area contributed by atoms with Crippen molar-refractivity contribution >= 4 is 41.0 Å². The molecule has 0 saturated carbocycles. The third-order valence-corrected chi connectivity index (χ3v) is 7.24. The van der Waals surface area contributed by atoms with Crippen molar-refractivity contribution in [3.63, 3.8) is 0 Å². The summed E-state index contributed by atoms with van der Waals surface area (Å²) in [5.41, 5.74) is 2.11. The highest BCUT2D eigenvalue weighted by atomic mass is 16.5. The van der Waals surface area contributed by atoms with Crippen LogP contribution in [0.3, 0.4) is 0 Å². The van der Waals surface area contributed by atoms with Crippen LogP contribution >= 0.6 is 0 Å². The maximum absolute atomic E-state index is 13.6. The van der Waals surface area contributed by atoms with Gasteiger partial charge in [-0.25, -0.2) is 4.98 Å². The molecule has 248 valence electrons. The smallest absolute Gasteiger partial charge is 0.290 e. The van der Waals surface area contributed by atoms with E-state index in [0.717, 1.165) is 10.9 Å². The van der Waals surface area contributed by atoms with Crippen LogP contribution in [0.5, 0.6) is 11.5 Å². The molecule has 0 radical (unpaired) electrons. The van der Waals surface area contributed by atoms with Gasteiger partial charge in [0.2, 0.25) is 11.8 Å². The Morgan fingerprint density at radius 3 is 2.68 bits per heavy atom. The van der Waals surface area contributed by atoms with Crippen LogP contribution in [0.2, 0.25) is 0 Å². The van der Waals surface area contributed by atoms with Gasteiger partial charge < -0.3 is 45.4 Å². The minimum Gasteiger partial charge on any atom is -0.496 e. The molecule has 2 bridgehead atoms. The second-order valence-corrected chi connectivity index (χ2v) is 10.5. The van der Waals surface area contributed by atoms with Crippen molar-refractivity contribution < 1.29 is 38.6 Å². The molecular formula is C32H37N7O8. The molecule has 3 heterocycles. The fourth-order valence-corrected chi connectivity index (χ4v) is 4.99. The number of hydrogen-bond donors (Lipinski definition) is 6. The second kappa shape index (κ2) is 17.0. The molecule has 2 aromatic carbocycles. The van der Waals surface area contributed by atoms with Gasteiger partial charge in [-0.1, -0.05) is 12.1 Å². The van der Waals surface area contributed by atoms with E-state index in [4.69, 9.17) is 19.4 Å². The first-order valence-electron chi connectivity index (χ1n) is 14.9. The Balaban J connectivity index is 0.00000160. The Labute approximate surface area is 270 Å². The van der Waals surface area contributed by atoms with Crippen LogP contribution in [-0.4, -0.2) is 101 Å². The van der Waals surface area contributed by atoms with E-state index in [1.807, 2.05) is 18.2 Å². The number of nitrogens with zero attached hydrogens (tertiary/aromatic N) is 2. The monoisotopic (exact) mass is 647 g/mol. The predicted molar refractivity (Wildman–Crippen MR) is 170 cm³/mol. The van der Waals surface area contributed by atoms with E-state index >= 15 is 0 Å². The topological polar surface area (TPSA) is 208 Å². The number of carboxylic acid groups (broad SMARTS) is 1. The maximum atomic E-state index is 13.6. The van der Waals surface area contributed by atoms with Crippen LogP contribution in [0.25, 0.3) is 10.9 Å². The Hall–Kier alpha value is -5.86. The number of H-pyrrole nitrogens is 2. The van der Waals surface area contributed by atoms with E-state index in [1.54, 1.807) is 43.6 Å². The highest BCUT2D eigenvalue weighted by Crippen LogP contribution is 2.26. The third kappa shape index (κ3) is 9.56. The van der Waals surface area contributed by atoms with Crippen LogP contribution in [0.15, 0.2) is 61.1 Å². The van der Waals surface area contributed by atoms with Crippen LogP contribution < -0.4 is 25.4 Å². The number of amides is 4. The highest BCUT2D eigenvalue weighted by Gasteiger charge is 2.24. The molecule has 15 nitrogen and oxygen atoms in total.